The number of rotatable bonds is 9. The standard InChI is InChI=1S/C12H24ClN3/c1-4-15(5-2)8-7-9-16(6-3)11-12(13)10-14/h12H,4-9,11H2,1-3H3. The Labute approximate surface area is 105 Å². The molecule has 4 heteroatoms. The summed E-state index contributed by atoms with van der Waals surface area (Å²) in [6.45, 7) is 12.5. The second kappa shape index (κ2) is 9.89. The number of nitriles is 1. The molecule has 0 radical (unpaired) electrons. The summed E-state index contributed by atoms with van der Waals surface area (Å²) in [5.41, 5.74) is 0. The van der Waals surface area contributed by atoms with E-state index in [-0.39, 0.29) is 5.38 Å². The zero-order valence-electron chi connectivity index (χ0n) is 10.7. The van der Waals surface area contributed by atoms with E-state index in [9.17, 15) is 0 Å². The van der Waals surface area contributed by atoms with E-state index in [1.807, 2.05) is 0 Å². The van der Waals surface area contributed by atoms with Crippen molar-refractivity contribution in [1.29, 1.82) is 5.26 Å². The fourth-order valence-electron chi connectivity index (χ4n) is 1.70. The third-order valence-corrected chi connectivity index (χ3v) is 3.08. The lowest BCUT2D eigenvalue weighted by Crippen LogP contribution is -2.33. The first kappa shape index (κ1) is 15.7. The molecule has 0 aromatic rings. The predicted octanol–water partition coefficient (Wildman–Crippen LogP) is 2.17. The van der Waals surface area contributed by atoms with E-state index in [0.29, 0.717) is 6.54 Å². The summed E-state index contributed by atoms with van der Waals surface area (Å²) in [7, 11) is 0. The normalized spacial score (nSPS) is 13.1. The zero-order chi connectivity index (χ0) is 12.4. The van der Waals surface area contributed by atoms with Crippen molar-refractivity contribution >= 4 is 11.6 Å². The number of hydrogen-bond acceptors (Lipinski definition) is 3. The topological polar surface area (TPSA) is 30.3 Å². The number of nitrogens with zero attached hydrogens (tertiary/aromatic N) is 3. The lowest BCUT2D eigenvalue weighted by atomic mass is 10.3. The largest absolute Gasteiger partial charge is 0.304 e. The van der Waals surface area contributed by atoms with Crippen LogP contribution in [0.5, 0.6) is 0 Å². The highest BCUT2D eigenvalue weighted by molar-refractivity contribution is 6.22. The summed E-state index contributed by atoms with van der Waals surface area (Å²) in [5.74, 6) is 0. The van der Waals surface area contributed by atoms with E-state index in [2.05, 4.69) is 36.6 Å². The quantitative estimate of drug-likeness (QED) is 0.584. The highest BCUT2D eigenvalue weighted by Gasteiger charge is 2.09. The van der Waals surface area contributed by atoms with Gasteiger partial charge in [0.1, 0.15) is 5.38 Å². The smallest absolute Gasteiger partial charge is 0.133 e. The summed E-state index contributed by atoms with van der Waals surface area (Å²) in [6, 6.07) is 2.06. The monoisotopic (exact) mass is 245 g/mol. The van der Waals surface area contributed by atoms with Crippen LogP contribution in [0, 0.1) is 11.3 Å². The highest BCUT2D eigenvalue weighted by Crippen LogP contribution is 2.01. The molecule has 0 aromatic heterocycles. The van der Waals surface area contributed by atoms with Gasteiger partial charge in [-0.25, -0.2) is 0 Å². The molecule has 0 rings (SSSR count). The van der Waals surface area contributed by atoms with Crippen LogP contribution in [0.3, 0.4) is 0 Å². The molecule has 0 aliphatic heterocycles. The minimum Gasteiger partial charge on any atom is -0.304 e. The Kier molecular flexibility index (Phi) is 9.71. The third-order valence-electron chi connectivity index (χ3n) is 2.85. The van der Waals surface area contributed by atoms with Crippen LogP contribution in [0.2, 0.25) is 0 Å². The fourth-order valence-corrected chi connectivity index (χ4v) is 1.90. The fraction of sp³-hybridized carbons (Fsp3) is 0.917. The molecule has 94 valence electrons. The first-order chi connectivity index (χ1) is 7.67. The van der Waals surface area contributed by atoms with Crippen molar-refractivity contribution in [3.63, 3.8) is 0 Å². The average Bonchev–Trinajstić information content (AvgIpc) is 2.32. The van der Waals surface area contributed by atoms with Crippen molar-refractivity contribution in [1.82, 2.24) is 9.80 Å². The summed E-state index contributed by atoms with van der Waals surface area (Å²) in [5, 5.41) is 8.27. The molecular weight excluding hydrogens is 222 g/mol. The molecule has 0 aliphatic carbocycles. The van der Waals surface area contributed by atoms with Gasteiger partial charge in [0.2, 0.25) is 0 Å². The van der Waals surface area contributed by atoms with Crippen LogP contribution in [-0.2, 0) is 0 Å². The maximum atomic E-state index is 8.65. The van der Waals surface area contributed by atoms with Crippen molar-refractivity contribution in [3.05, 3.63) is 0 Å². The number of halogens is 1. The minimum absolute atomic E-state index is 0.381. The average molecular weight is 246 g/mol. The van der Waals surface area contributed by atoms with Gasteiger partial charge in [-0.15, -0.1) is 11.6 Å². The molecule has 3 nitrogen and oxygen atoms in total. The number of hydrogen-bond donors (Lipinski definition) is 0. The molecule has 0 saturated carbocycles. The molecule has 0 amide bonds. The van der Waals surface area contributed by atoms with Crippen molar-refractivity contribution in [2.45, 2.75) is 32.6 Å². The molecule has 16 heavy (non-hydrogen) atoms. The summed E-state index contributed by atoms with van der Waals surface area (Å²) < 4.78 is 0. The van der Waals surface area contributed by atoms with E-state index in [1.54, 1.807) is 0 Å². The maximum Gasteiger partial charge on any atom is 0.133 e. The molecule has 0 heterocycles. The SMILES string of the molecule is CCN(CC)CCCN(CC)CC(Cl)C#N. The number of alkyl halides is 1. The van der Waals surface area contributed by atoms with Gasteiger partial charge in [-0.2, -0.15) is 5.26 Å². The van der Waals surface area contributed by atoms with Crippen LogP contribution in [0.15, 0.2) is 0 Å². The third kappa shape index (κ3) is 7.05. The van der Waals surface area contributed by atoms with E-state index < -0.39 is 0 Å². The Balaban J connectivity index is 3.75. The molecular formula is C12H24ClN3. The van der Waals surface area contributed by atoms with Crippen LogP contribution in [-0.4, -0.2) is 54.4 Å². The molecule has 0 spiro atoms. The minimum atomic E-state index is -0.381. The lowest BCUT2D eigenvalue weighted by molar-refractivity contribution is 0.247. The van der Waals surface area contributed by atoms with Gasteiger partial charge >= 0.3 is 0 Å². The Bertz CT molecular complexity index is 199. The summed E-state index contributed by atoms with van der Waals surface area (Å²) in [4.78, 5) is 4.65. The Morgan fingerprint density at radius 3 is 2.00 bits per heavy atom. The van der Waals surface area contributed by atoms with Crippen molar-refractivity contribution < 1.29 is 0 Å². The first-order valence-electron chi connectivity index (χ1n) is 6.16. The van der Waals surface area contributed by atoms with Gasteiger partial charge in [-0.05, 0) is 39.1 Å². The lowest BCUT2D eigenvalue weighted by Gasteiger charge is -2.23. The van der Waals surface area contributed by atoms with E-state index in [0.717, 1.165) is 39.1 Å². The summed E-state index contributed by atoms with van der Waals surface area (Å²) >= 11 is 5.82. The van der Waals surface area contributed by atoms with Crippen LogP contribution >= 0.6 is 11.6 Å². The molecule has 1 unspecified atom stereocenters. The van der Waals surface area contributed by atoms with Gasteiger partial charge in [0.25, 0.3) is 0 Å². The predicted molar refractivity (Wildman–Crippen MR) is 69.8 cm³/mol. The Morgan fingerprint density at radius 2 is 1.56 bits per heavy atom. The van der Waals surface area contributed by atoms with Crippen LogP contribution in [0.4, 0.5) is 0 Å². The van der Waals surface area contributed by atoms with Crippen LogP contribution < -0.4 is 0 Å². The van der Waals surface area contributed by atoms with Gasteiger partial charge in [-0.1, -0.05) is 20.8 Å². The van der Waals surface area contributed by atoms with Crippen LogP contribution in [0.1, 0.15) is 27.2 Å². The Hall–Kier alpha value is -0.300. The van der Waals surface area contributed by atoms with Gasteiger partial charge in [0.05, 0.1) is 6.07 Å². The van der Waals surface area contributed by atoms with E-state index in [1.165, 1.54) is 0 Å². The van der Waals surface area contributed by atoms with Crippen molar-refractivity contribution in [2.75, 3.05) is 39.3 Å². The molecule has 1 atom stereocenters. The van der Waals surface area contributed by atoms with Gasteiger partial charge in [-0.3, -0.25) is 0 Å². The van der Waals surface area contributed by atoms with E-state index in [4.69, 9.17) is 16.9 Å². The highest BCUT2D eigenvalue weighted by atomic mass is 35.5. The second-order valence-corrected chi connectivity index (χ2v) is 4.40. The van der Waals surface area contributed by atoms with Gasteiger partial charge in [0, 0.05) is 6.54 Å². The van der Waals surface area contributed by atoms with Gasteiger partial charge in [0.15, 0.2) is 0 Å². The van der Waals surface area contributed by atoms with Gasteiger partial charge < -0.3 is 9.80 Å². The maximum absolute atomic E-state index is 8.65. The zero-order valence-corrected chi connectivity index (χ0v) is 11.5. The molecule has 0 aromatic carbocycles. The molecule has 0 fully saturated rings. The molecule has 0 N–H and O–H groups in total. The molecule has 0 aliphatic rings. The first-order valence-corrected chi connectivity index (χ1v) is 6.59. The molecule has 0 saturated heterocycles. The second-order valence-electron chi connectivity index (χ2n) is 3.87. The van der Waals surface area contributed by atoms with Crippen LogP contribution in [0.25, 0.3) is 0 Å². The molecule has 0 bridgehead atoms. The van der Waals surface area contributed by atoms with Crippen molar-refractivity contribution in [3.8, 4) is 6.07 Å². The Morgan fingerprint density at radius 1 is 1.06 bits per heavy atom. The van der Waals surface area contributed by atoms with Crippen molar-refractivity contribution in [2.24, 2.45) is 0 Å². The summed E-state index contributed by atoms with van der Waals surface area (Å²) in [6.07, 6.45) is 1.14. The van der Waals surface area contributed by atoms with E-state index >= 15 is 0 Å².